The summed E-state index contributed by atoms with van der Waals surface area (Å²) >= 11 is 13.9. The smallest absolute Gasteiger partial charge is 0.226 e. The van der Waals surface area contributed by atoms with Crippen LogP contribution in [0.5, 0.6) is 0 Å². The minimum absolute atomic E-state index is 0.210. The summed E-state index contributed by atoms with van der Waals surface area (Å²) in [7, 11) is 0. The predicted octanol–water partition coefficient (Wildman–Crippen LogP) is 6.04. The number of nitrogens with zero attached hydrogens (tertiary/aromatic N) is 2. The molecule has 174 valence electrons. The van der Waals surface area contributed by atoms with E-state index in [1.165, 1.54) is 28.0 Å². The van der Waals surface area contributed by atoms with Crippen LogP contribution >= 0.6 is 43.5 Å². The van der Waals surface area contributed by atoms with Crippen LogP contribution in [0, 0.1) is 5.92 Å². The lowest BCUT2D eigenvalue weighted by atomic mass is 9.76. The Hall–Kier alpha value is -1.21. The Morgan fingerprint density at radius 3 is 2.67 bits per heavy atom. The Morgan fingerprint density at radius 1 is 1.12 bits per heavy atom. The van der Waals surface area contributed by atoms with E-state index in [4.69, 9.17) is 16.6 Å². The van der Waals surface area contributed by atoms with Crippen LogP contribution in [0.15, 0.2) is 45.0 Å². The number of pyridine rings is 1. The number of likely N-dealkylation sites (tertiary alicyclic amines) is 1. The molecule has 2 aromatic rings. The summed E-state index contributed by atoms with van der Waals surface area (Å²) in [6, 6.07) is 6.37. The van der Waals surface area contributed by atoms with Crippen molar-refractivity contribution in [1.29, 1.82) is 0 Å². The maximum atomic E-state index is 13.0. The molecule has 0 radical (unpaired) electrons. The van der Waals surface area contributed by atoms with E-state index >= 15 is 0 Å². The molecule has 33 heavy (non-hydrogen) atoms. The molecule has 1 amide bonds. The molecule has 3 heterocycles. The van der Waals surface area contributed by atoms with Gasteiger partial charge < -0.3 is 10.2 Å². The number of aryl methyl sites for hydroxylation is 2. The number of piperidine rings is 1. The number of carbonyl (C=O) groups excluding carboxylic acids is 1. The number of carbonyl (C=O) groups is 1. The molecule has 1 saturated heterocycles. The average molecular weight is 594 g/mol. The molecule has 1 aromatic carbocycles. The molecule has 1 aromatic heterocycles. The maximum absolute atomic E-state index is 13.0. The SMILES string of the molecule is O=C(CC1=CCNCC1)N1CCC([C@H]2c3ncc(Br)cc3CCc3cc(Cl)cc(Br)c32)CC1. The van der Waals surface area contributed by atoms with Gasteiger partial charge in [0.05, 0.1) is 5.69 Å². The van der Waals surface area contributed by atoms with Gasteiger partial charge in [-0.25, -0.2) is 0 Å². The third kappa shape index (κ3) is 5.09. The van der Waals surface area contributed by atoms with Crippen molar-refractivity contribution in [2.24, 2.45) is 5.92 Å². The van der Waals surface area contributed by atoms with E-state index in [1.807, 2.05) is 12.3 Å². The second-order valence-corrected chi connectivity index (χ2v) is 11.6. The number of aromatic nitrogens is 1. The van der Waals surface area contributed by atoms with Gasteiger partial charge in [-0.05, 0) is 95.4 Å². The van der Waals surface area contributed by atoms with Gasteiger partial charge in [0.25, 0.3) is 0 Å². The fraction of sp³-hybridized carbons (Fsp3) is 0.462. The highest BCUT2D eigenvalue weighted by molar-refractivity contribution is 9.10. The number of benzene rings is 1. The van der Waals surface area contributed by atoms with Crippen molar-refractivity contribution >= 4 is 49.4 Å². The van der Waals surface area contributed by atoms with Crippen LogP contribution in [-0.4, -0.2) is 42.0 Å². The van der Waals surface area contributed by atoms with E-state index in [-0.39, 0.29) is 11.8 Å². The van der Waals surface area contributed by atoms with E-state index in [1.54, 1.807) is 0 Å². The van der Waals surface area contributed by atoms with E-state index in [0.717, 1.165) is 72.3 Å². The van der Waals surface area contributed by atoms with Crippen molar-refractivity contribution in [2.75, 3.05) is 26.2 Å². The van der Waals surface area contributed by atoms with Crippen LogP contribution in [0.1, 0.15) is 54.0 Å². The molecular formula is C26H28Br2ClN3O. The second-order valence-electron chi connectivity index (χ2n) is 9.35. The molecule has 1 aliphatic carbocycles. The number of amides is 1. The fourth-order valence-corrected chi connectivity index (χ4v) is 7.15. The Morgan fingerprint density at radius 2 is 1.91 bits per heavy atom. The third-order valence-electron chi connectivity index (χ3n) is 7.32. The monoisotopic (exact) mass is 591 g/mol. The van der Waals surface area contributed by atoms with Gasteiger partial charge >= 0.3 is 0 Å². The van der Waals surface area contributed by atoms with Crippen molar-refractivity contribution < 1.29 is 4.79 Å². The van der Waals surface area contributed by atoms with Crippen LogP contribution in [0.25, 0.3) is 0 Å². The first kappa shape index (κ1) is 23.5. The summed E-state index contributed by atoms with van der Waals surface area (Å²) in [5.41, 5.74) is 6.42. The Bertz CT molecular complexity index is 1100. The largest absolute Gasteiger partial charge is 0.342 e. The first-order chi connectivity index (χ1) is 16.0. The van der Waals surface area contributed by atoms with Crippen molar-refractivity contribution in [2.45, 2.75) is 44.4 Å². The predicted molar refractivity (Wildman–Crippen MR) is 140 cm³/mol. The molecule has 4 nitrogen and oxygen atoms in total. The molecule has 0 bridgehead atoms. The van der Waals surface area contributed by atoms with Crippen LogP contribution in [0.4, 0.5) is 0 Å². The minimum Gasteiger partial charge on any atom is -0.342 e. The summed E-state index contributed by atoms with van der Waals surface area (Å²) < 4.78 is 2.10. The Kier molecular flexibility index (Phi) is 7.26. The van der Waals surface area contributed by atoms with Gasteiger partial charge in [0.1, 0.15) is 0 Å². The molecule has 1 N–H and O–H groups in total. The zero-order valence-electron chi connectivity index (χ0n) is 18.5. The van der Waals surface area contributed by atoms with Gasteiger partial charge in [-0.2, -0.15) is 0 Å². The van der Waals surface area contributed by atoms with Gasteiger partial charge in [-0.3, -0.25) is 9.78 Å². The van der Waals surface area contributed by atoms with E-state index in [2.05, 4.69) is 60.3 Å². The van der Waals surface area contributed by atoms with E-state index < -0.39 is 0 Å². The molecular weight excluding hydrogens is 566 g/mol. The summed E-state index contributed by atoms with van der Waals surface area (Å²) in [4.78, 5) is 20.0. The number of hydrogen-bond donors (Lipinski definition) is 1. The summed E-state index contributed by atoms with van der Waals surface area (Å²) in [5.74, 6) is 0.925. The van der Waals surface area contributed by atoms with E-state index in [9.17, 15) is 4.79 Å². The van der Waals surface area contributed by atoms with Gasteiger partial charge in [-0.15, -0.1) is 0 Å². The lowest BCUT2D eigenvalue weighted by Gasteiger charge is -2.37. The van der Waals surface area contributed by atoms with Crippen molar-refractivity contribution in [1.82, 2.24) is 15.2 Å². The van der Waals surface area contributed by atoms with Gasteiger partial charge in [0, 0.05) is 52.1 Å². The van der Waals surface area contributed by atoms with Crippen LogP contribution in [0.2, 0.25) is 5.02 Å². The summed E-state index contributed by atoms with van der Waals surface area (Å²) in [6.07, 6.45) is 9.55. The highest BCUT2D eigenvalue weighted by Gasteiger charge is 2.36. The van der Waals surface area contributed by atoms with Crippen LogP contribution in [-0.2, 0) is 17.6 Å². The molecule has 0 unspecified atom stereocenters. The van der Waals surface area contributed by atoms with Gasteiger partial charge in [0.2, 0.25) is 5.91 Å². The molecule has 0 saturated carbocycles. The first-order valence-corrected chi connectivity index (χ1v) is 13.7. The van der Waals surface area contributed by atoms with Crippen LogP contribution < -0.4 is 5.32 Å². The number of fused-ring (bicyclic) bond motifs is 2. The quantitative estimate of drug-likeness (QED) is 0.442. The number of hydrogen-bond acceptors (Lipinski definition) is 3. The zero-order valence-corrected chi connectivity index (χ0v) is 22.5. The second kappa shape index (κ2) is 10.2. The molecule has 7 heteroatoms. The standard InChI is InChI=1S/C26H28Br2ClN3O/c27-20-12-19-2-1-18-13-21(29)14-22(28)24(18)25(26(19)31-15-20)17-5-9-32(10-6-17)23(33)11-16-3-7-30-8-4-16/h3,12-15,17,25,30H,1-2,4-11H2/t25-/m1/s1. The average Bonchev–Trinajstić information content (AvgIpc) is 2.96. The van der Waals surface area contributed by atoms with Gasteiger partial charge in [0.15, 0.2) is 0 Å². The van der Waals surface area contributed by atoms with Crippen molar-refractivity contribution in [3.63, 3.8) is 0 Å². The van der Waals surface area contributed by atoms with Crippen molar-refractivity contribution in [3.8, 4) is 0 Å². The van der Waals surface area contributed by atoms with E-state index in [0.29, 0.717) is 12.3 Å². The fourth-order valence-electron chi connectivity index (χ4n) is 5.65. The zero-order chi connectivity index (χ0) is 22.9. The molecule has 1 atom stereocenters. The number of halogens is 3. The molecule has 0 spiro atoms. The summed E-state index contributed by atoms with van der Waals surface area (Å²) in [6.45, 7) is 3.49. The highest BCUT2D eigenvalue weighted by Crippen LogP contribution is 2.46. The van der Waals surface area contributed by atoms with Crippen molar-refractivity contribution in [3.05, 3.63) is 72.4 Å². The lowest BCUT2D eigenvalue weighted by molar-refractivity contribution is -0.131. The number of rotatable bonds is 3. The Balaban J connectivity index is 1.40. The molecule has 1 fully saturated rings. The van der Waals surface area contributed by atoms with Crippen LogP contribution in [0.3, 0.4) is 0 Å². The summed E-state index contributed by atoms with van der Waals surface area (Å²) in [5, 5.41) is 4.09. The maximum Gasteiger partial charge on any atom is 0.226 e. The molecule has 2 aliphatic heterocycles. The minimum atomic E-state index is 0.210. The molecule has 5 rings (SSSR count). The molecule has 3 aliphatic rings. The topological polar surface area (TPSA) is 45.2 Å². The lowest BCUT2D eigenvalue weighted by Crippen LogP contribution is -2.40. The Labute approximate surface area is 217 Å². The number of nitrogens with one attached hydrogen (secondary N) is 1. The van der Waals surface area contributed by atoms with Gasteiger partial charge in [-0.1, -0.05) is 39.2 Å². The normalized spacial score (nSPS) is 21.1. The highest BCUT2D eigenvalue weighted by atomic mass is 79.9. The first-order valence-electron chi connectivity index (χ1n) is 11.8. The third-order valence-corrected chi connectivity index (χ3v) is 8.63.